The van der Waals surface area contributed by atoms with E-state index in [0.717, 1.165) is 70.6 Å². The largest absolute Gasteiger partial charge is 0.394 e. The van der Waals surface area contributed by atoms with E-state index in [1.54, 1.807) is 6.08 Å². The van der Waals surface area contributed by atoms with Crippen LogP contribution in [0.25, 0.3) is 0 Å². The summed E-state index contributed by atoms with van der Waals surface area (Å²) >= 11 is 0. The van der Waals surface area contributed by atoms with Gasteiger partial charge in [-0.25, -0.2) is 0 Å². The molecule has 9 heteroatoms. The van der Waals surface area contributed by atoms with Crippen molar-refractivity contribution in [3.8, 4) is 0 Å². The van der Waals surface area contributed by atoms with E-state index < -0.39 is 49.5 Å². The molecule has 0 aromatic rings. The van der Waals surface area contributed by atoms with Crippen LogP contribution in [0.3, 0.4) is 0 Å². The number of hydrogen-bond acceptors (Lipinski definition) is 8. The van der Waals surface area contributed by atoms with Crippen LogP contribution in [0.5, 0.6) is 0 Å². The molecule has 1 fully saturated rings. The van der Waals surface area contributed by atoms with Crippen LogP contribution in [0, 0.1) is 0 Å². The van der Waals surface area contributed by atoms with Crippen molar-refractivity contribution in [2.75, 3.05) is 13.2 Å². The molecule has 6 N–H and O–H groups in total. The molecule has 7 atom stereocenters. The van der Waals surface area contributed by atoms with Gasteiger partial charge in [0.05, 0.1) is 25.4 Å². The predicted molar refractivity (Wildman–Crippen MR) is 271 cm³/mol. The van der Waals surface area contributed by atoms with Gasteiger partial charge in [-0.1, -0.05) is 208 Å². The third-order valence-electron chi connectivity index (χ3n) is 12.0. The molecule has 7 unspecified atom stereocenters. The lowest BCUT2D eigenvalue weighted by atomic mass is 9.99. The van der Waals surface area contributed by atoms with Crippen molar-refractivity contribution in [3.05, 3.63) is 85.1 Å². The molecule has 0 bridgehead atoms. The van der Waals surface area contributed by atoms with Gasteiger partial charge < -0.3 is 40.3 Å². The van der Waals surface area contributed by atoms with E-state index in [0.29, 0.717) is 6.42 Å². The zero-order valence-corrected chi connectivity index (χ0v) is 41.2. The molecular weight excluding hydrogens is 815 g/mol. The molecule has 0 radical (unpaired) electrons. The summed E-state index contributed by atoms with van der Waals surface area (Å²) in [5, 5.41) is 54.3. The van der Waals surface area contributed by atoms with Crippen LogP contribution in [0.2, 0.25) is 0 Å². The van der Waals surface area contributed by atoms with Crippen molar-refractivity contribution in [2.45, 2.75) is 249 Å². The molecule has 1 saturated heterocycles. The van der Waals surface area contributed by atoms with Crippen LogP contribution >= 0.6 is 0 Å². The van der Waals surface area contributed by atoms with E-state index >= 15 is 0 Å². The zero-order valence-electron chi connectivity index (χ0n) is 41.2. The highest BCUT2D eigenvalue weighted by Gasteiger charge is 2.44. The summed E-state index contributed by atoms with van der Waals surface area (Å²) in [6.07, 6.45) is 56.4. The summed E-state index contributed by atoms with van der Waals surface area (Å²) in [5.41, 5.74) is 0. The van der Waals surface area contributed by atoms with Crippen molar-refractivity contribution in [2.24, 2.45) is 0 Å². The van der Waals surface area contributed by atoms with E-state index in [2.05, 4.69) is 92.1 Å². The first-order valence-corrected chi connectivity index (χ1v) is 26.3. The van der Waals surface area contributed by atoms with Gasteiger partial charge in [-0.05, 0) is 77.0 Å². The van der Waals surface area contributed by atoms with Gasteiger partial charge in [0.15, 0.2) is 6.29 Å². The van der Waals surface area contributed by atoms with Crippen molar-refractivity contribution in [1.82, 2.24) is 5.32 Å². The third kappa shape index (κ3) is 35.2. The summed E-state index contributed by atoms with van der Waals surface area (Å²) < 4.78 is 11.2. The molecule has 0 aromatic carbocycles. The highest BCUT2D eigenvalue weighted by atomic mass is 16.7. The van der Waals surface area contributed by atoms with Gasteiger partial charge in [0.25, 0.3) is 0 Å². The second kappa shape index (κ2) is 45.2. The summed E-state index contributed by atoms with van der Waals surface area (Å²) in [6, 6.07) is -0.825. The molecule has 9 nitrogen and oxygen atoms in total. The Morgan fingerprint density at radius 3 is 1.48 bits per heavy atom. The smallest absolute Gasteiger partial charge is 0.220 e. The Morgan fingerprint density at radius 2 is 0.969 bits per heavy atom. The number of hydrogen-bond donors (Lipinski definition) is 6. The van der Waals surface area contributed by atoms with Crippen LogP contribution < -0.4 is 5.32 Å². The number of aliphatic hydroxyl groups excluding tert-OH is 5. The molecule has 0 aromatic heterocycles. The Labute approximate surface area is 397 Å². The lowest BCUT2D eigenvalue weighted by molar-refractivity contribution is -0.302. The summed E-state index contributed by atoms with van der Waals surface area (Å²) in [4.78, 5) is 13.0. The van der Waals surface area contributed by atoms with Gasteiger partial charge >= 0.3 is 0 Å². The lowest BCUT2D eigenvalue weighted by Gasteiger charge is -2.40. The molecule has 1 aliphatic rings. The molecule has 0 spiro atoms. The van der Waals surface area contributed by atoms with Gasteiger partial charge in [-0.15, -0.1) is 0 Å². The van der Waals surface area contributed by atoms with Gasteiger partial charge in [0.2, 0.25) is 5.91 Å². The van der Waals surface area contributed by atoms with Crippen molar-refractivity contribution in [1.29, 1.82) is 0 Å². The van der Waals surface area contributed by atoms with Crippen LogP contribution in [0.15, 0.2) is 85.1 Å². The molecular formula is C56H97NO8. The summed E-state index contributed by atoms with van der Waals surface area (Å²) in [5.74, 6) is -0.192. The van der Waals surface area contributed by atoms with Crippen LogP contribution in [-0.2, 0) is 14.3 Å². The number of allylic oxidation sites excluding steroid dienone is 13. The molecule has 1 amide bonds. The first kappa shape index (κ1) is 60.4. The minimum atomic E-state index is -1.57. The fourth-order valence-corrected chi connectivity index (χ4v) is 7.79. The van der Waals surface area contributed by atoms with Crippen molar-refractivity contribution < 1.29 is 39.8 Å². The number of ether oxygens (including phenoxy) is 2. The predicted octanol–water partition coefficient (Wildman–Crippen LogP) is 12.3. The third-order valence-corrected chi connectivity index (χ3v) is 12.0. The number of carbonyl (C=O) groups excluding carboxylic acids is 1. The highest BCUT2D eigenvalue weighted by molar-refractivity contribution is 5.76. The fraction of sp³-hybridized carbons (Fsp3) is 0.732. The summed E-state index contributed by atoms with van der Waals surface area (Å²) in [6.45, 7) is 3.62. The van der Waals surface area contributed by atoms with Crippen LogP contribution in [-0.4, -0.2) is 87.5 Å². The summed E-state index contributed by atoms with van der Waals surface area (Å²) in [7, 11) is 0. The van der Waals surface area contributed by atoms with E-state index in [-0.39, 0.29) is 12.5 Å². The first-order valence-electron chi connectivity index (χ1n) is 26.3. The molecule has 1 aliphatic heterocycles. The van der Waals surface area contributed by atoms with Gasteiger partial charge in [0, 0.05) is 6.42 Å². The average Bonchev–Trinajstić information content (AvgIpc) is 3.31. The molecule has 1 rings (SSSR count). The molecule has 374 valence electrons. The minimum Gasteiger partial charge on any atom is -0.394 e. The number of carbonyl (C=O) groups is 1. The van der Waals surface area contributed by atoms with Crippen LogP contribution in [0.1, 0.15) is 206 Å². The Kier molecular flexibility index (Phi) is 42.0. The maximum atomic E-state index is 13.0. The quantitative estimate of drug-likeness (QED) is 0.0262. The fourth-order valence-electron chi connectivity index (χ4n) is 7.79. The van der Waals surface area contributed by atoms with Crippen LogP contribution in [0.4, 0.5) is 0 Å². The second-order valence-electron chi connectivity index (χ2n) is 17.9. The Bertz CT molecular complexity index is 1290. The molecule has 0 aliphatic carbocycles. The van der Waals surface area contributed by atoms with E-state index in [1.165, 1.54) is 116 Å². The standard InChI is InChI=1S/C56H97NO8/c1-3-5-7-9-11-13-15-17-18-19-20-21-22-23-24-25-26-27-28-29-30-31-32-34-36-38-40-42-44-46-52(60)57-49(48-64-56-55(63)54(62)53(61)51(47-58)65-56)50(59)45-43-41-39-37-35-33-16-14-12-10-8-6-4-2/h5,7,11,13,17-18,20-21,23-24,35,37,43,45,49-51,53-56,58-59,61-63H,3-4,6,8-10,12,14-16,19,22,25-34,36,38-42,44,46-48H2,1-2H3,(H,57,60)/b7-5-,13-11-,18-17-,21-20-,24-23-,37-35+,45-43+. The second-order valence-corrected chi connectivity index (χ2v) is 17.9. The Hall–Kier alpha value is -2.63. The minimum absolute atomic E-state index is 0.192. The number of rotatable bonds is 43. The maximum Gasteiger partial charge on any atom is 0.220 e. The van der Waals surface area contributed by atoms with Crippen molar-refractivity contribution in [3.63, 3.8) is 0 Å². The maximum absolute atomic E-state index is 13.0. The van der Waals surface area contributed by atoms with Gasteiger partial charge in [-0.3, -0.25) is 4.79 Å². The topological polar surface area (TPSA) is 149 Å². The van der Waals surface area contributed by atoms with Gasteiger partial charge in [-0.2, -0.15) is 0 Å². The first-order chi connectivity index (χ1) is 31.8. The SMILES string of the molecule is CC/C=C\C/C=C\C/C=C\C/C=C\C/C=C\CCCCCCCCCCCCCCCC(=O)NC(COC1OC(CO)C(O)C(O)C1O)C(O)/C=C/CC/C=C/CCCCCCCCC. The number of amides is 1. The molecule has 65 heavy (non-hydrogen) atoms. The average molecular weight is 912 g/mol. The highest BCUT2D eigenvalue weighted by Crippen LogP contribution is 2.23. The Morgan fingerprint density at radius 1 is 0.538 bits per heavy atom. The lowest BCUT2D eigenvalue weighted by Crippen LogP contribution is -2.60. The normalized spacial score (nSPS) is 20.6. The van der Waals surface area contributed by atoms with E-state index in [1.807, 2.05) is 6.08 Å². The zero-order chi connectivity index (χ0) is 47.3. The number of nitrogens with one attached hydrogen (secondary N) is 1. The monoisotopic (exact) mass is 912 g/mol. The molecule has 1 heterocycles. The Balaban J connectivity index is 2.22. The van der Waals surface area contributed by atoms with E-state index in [4.69, 9.17) is 9.47 Å². The van der Waals surface area contributed by atoms with Crippen molar-refractivity contribution >= 4 is 5.91 Å². The van der Waals surface area contributed by atoms with Gasteiger partial charge in [0.1, 0.15) is 24.4 Å². The molecule has 0 saturated carbocycles. The number of aliphatic hydroxyl groups is 5. The van der Waals surface area contributed by atoms with E-state index in [9.17, 15) is 30.3 Å². The number of unbranched alkanes of at least 4 members (excludes halogenated alkanes) is 21.